The van der Waals surface area contributed by atoms with E-state index in [1.807, 2.05) is 0 Å². The average Bonchev–Trinajstić information content (AvgIpc) is 2.35. The van der Waals surface area contributed by atoms with Crippen molar-refractivity contribution in [2.75, 3.05) is 6.54 Å². The molecule has 2 rings (SSSR count). The molecule has 0 heterocycles. The smallest absolute Gasteiger partial charge is 0.119 e. The van der Waals surface area contributed by atoms with E-state index in [9.17, 15) is 0 Å². The van der Waals surface area contributed by atoms with Crippen LogP contribution in [0.15, 0.2) is 24.3 Å². The van der Waals surface area contributed by atoms with Gasteiger partial charge in [-0.3, -0.25) is 0 Å². The quantitative estimate of drug-likeness (QED) is 0.866. The summed E-state index contributed by atoms with van der Waals surface area (Å²) in [4.78, 5) is 0. The second kappa shape index (κ2) is 6.06. The van der Waals surface area contributed by atoms with Gasteiger partial charge in [0, 0.05) is 0 Å². The third-order valence-electron chi connectivity index (χ3n) is 3.69. The summed E-state index contributed by atoms with van der Waals surface area (Å²) in [6, 6.07) is 8.35. The molecule has 1 saturated carbocycles. The molecule has 2 N–H and O–H groups in total. The molecule has 0 aromatic heterocycles. The molecule has 0 saturated heterocycles. The molecule has 17 heavy (non-hydrogen) atoms. The van der Waals surface area contributed by atoms with Crippen LogP contribution in [0.3, 0.4) is 0 Å². The minimum atomic E-state index is 0.409. The molecule has 1 aliphatic carbocycles. The highest BCUT2D eigenvalue weighted by Gasteiger charge is 2.21. The first-order valence-electron chi connectivity index (χ1n) is 6.71. The van der Waals surface area contributed by atoms with Crippen LogP contribution in [0.4, 0.5) is 0 Å². The van der Waals surface area contributed by atoms with Crippen molar-refractivity contribution in [2.45, 2.75) is 45.1 Å². The summed E-state index contributed by atoms with van der Waals surface area (Å²) in [7, 11) is 0. The third-order valence-corrected chi connectivity index (χ3v) is 3.69. The van der Waals surface area contributed by atoms with E-state index in [1.54, 1.807) is 0 Å². The molecular weight excluding hydrogens is 210 g/mol. The lowest BCUT2D eigenvalue weighted by atomic mass is 9.85. The molecule has 2 nitrogen and oxygen atoms in total. The fraction of sp³-hybridized carbons (Fsp3) is 0.600. The minimum Gasteiger partial charge on any atom is -0.490 e. The van der Waals surface area contributed by atoms with Crippen molar-refractivity contribution in [3.63, 3.8) is 0 Å². The number of hydrogen-bond acceptors (Lipinski definition) is 2. The fourth-order valence-corrected chi connectivity index (χ4v) is 2.58. The van der Waals surface area contributed by atoms with Crippen molar-refractivity contribution >= 4 is 0 Å². The first-order chi connectivity index (χ1) is 8.28. The lowest BCUT2D eigenvalue weighted by Crippen LogP contribution is -2.25. The van der Waals surface area contributed by atoms with Gasteiger partial charge in [-0.15, -0.1) is 0 Å². The van der Waals surface area contributed by atoms with Crippen LogP contribution in [0.2, 0.25) is 0 Å². The van der Waals surface area contributed by atoms with E-state index in [4.69, 9.17) is 10.5 Å². The maximum Gasteiger partial charge on any atom is 0.119 e. The van der Waals surface area contributed by atoms with Gasteiger partial charge in [-0.05, 0) is 63.6 Å². The Bertz CT molecular complexity index is 325. The van der Waals surface area contributed by atoms with E-state index in [1.165, 1.54) is 37.7 Å². The highest BCUT2D eigenvalue weighted by molar-refractivity contribution is 5.26. The summed E-state index contributed by atoms with van der Waals surface area (Å²) in [5, 5.41) is 0. The van der Waals surface area contributed by atoms with E-state index in [0.717, 1.165) is 18.2 Å². The summed E-state index contributed by atoms with van der Waals surface area (Å²) >= 11 is 0. The second-order valence-electron chi connectivity index (χ2n) is 5.15. The Hall–Kier alpha value is -1.02. The highest BCUT2D eigenvalue weighted by atomic mass is 16.5. The minimum absolute atomic E-state index is 0.409. The molecule has 1 aliphatic rings. The lowest BCUT2D eigenvalue weighted by molar-refractivity contribution is 0.129. The lowest BCUT2D eigenvalue weighted by Gasteiger charge is -2.28. The average molecular weight is 233 g/mol. The van der Waals surface area contributed by atoms with E-state index >= 15 is 0 Å². The van der Waals surface area contributed by atoms with Crippen molar-refractivity contribution in [1.29, 1.82) is 0 Å². The number of rotatable bonds is 4. The van der Waals surface area contributed by atoms with Crippen molar-refractivity contribution in [3.8, 4) is 5.75 Å². The second-order valence-corrected chi connectivity index (χ2v) is 5.15. The molecule has 0 atom stereocenters. The number of ether oxygens (including phenoxy) is 1. The summed E-state index contributed by atoms with van der Waals surface area (Å²) < 4.78 is 6.01. The maximum absolute atomic E-state index is 6.01. The van der Waals surface area contributed by atoms with Crippen LogP contribution in [-0.4, -0.2) is 12.6 Å². The molecule has 94 valence electrons. The normalized spacial score (nSPS) is 24.6. The van der Waals surface area contributed by atoms with Gasteiger partial charge in [0.05, 0.1) is 6.10 Å². The standard InChI is InChI=1S/C15H23NO/c1-12-2-6-14(7-3-12)17-15-8-4-13(5-9-15)10-11-16/h2-3,6-7,13,15H,4-5,8-11,16H2,1H3. The molecule has 0 bridgehead atoms. The predicted octanol–water partition coefficient (Wildman–Crippen LogP) is 3.28. The van der Waals surface area contributed by atoms with Gasteiger partial charge in [-0.1, -0.05) is 17.7 Å². The molecule has 1 aromatic rings. The molecular formula is C15H23NO. The molecule has 1 aromatic carbocycles. The fourth-order valence-electron chi connectivity index (χ4n) is 2.58. The Kier molecular flexibility index (Phi) is 4.43. The first-order valence-corrected chi connectivity index (χ1v) is 6.71. The Balaban J connectivity index is 1.79. The summed E-state index contributed by atoms with van der Waals surface area (Å²) in [5.41, 5.74) is 6.88. The van der Waals surface area contributed by atoms with Gasteiger partial charge < -0.3 is 10.5 Å². The van der Waals surface area contributed by atoms with Crippen LogP contribution in [0.1, 0.15) is 37.7 Å². The van der Waals surface area contributed by atoms with E-state index in [-0.39, 0.29) is 0 Å². The SMILES string of the molecule is Cc1ccc(OC2CCC(CCN)CC2)cc1. The molecule has 0 unspecified atom stereocenters. The molecule has 0 spiro atoms. The molecule has 2 heteroatoms. The van der Waals surface area contributed by atoms with Gasteiger partial charge in [0.25, 0.3) is 0 Å². The van der Waals surface area contributed by atoms with Crippen LogP contribution in [-0.2, 0) is 0 Å². The third kappa shape index (κ3) is 3.74. The molecule has 0 aliphatic heterocycles. The zero-order chi connectivity index (χ0) is 12.1. The van der Waals surface area contributed by atoms with Gasteiger partial charge in [-0.25, -0.2) is 0 Å². The molecule has 0 amide bonds. The Morgan fingerprint density at radius 1 is 1.12 bits per heavy atom. The Labute approximate surface area is 104 Å². The van der Waals surface area contributed by atoms with E-state index in [2.05, 4.69) is 31.2 Å². The van der Waals surface area contributed by atoms with Crippen molar-refractivity contribution in [2.24, 2.45) is 11.7 Å². The molecule has 0 radical (unpaired) electrons. The Morgan fingerprint density at radius 3 is 2.35 bits per heavy atom. The van der Waals surface area contributed by atoms with Gasteiger partial charge in [-0.2, -0.15) is 0 Å². The largest absolute Gasteiger partial charge is 0.490 e. The zero-order valence-electron chi connectivity index (χ0n) is 10.7. The number of nitrogens with two attached hydrogens (primary N) is 1. The highest BCUT2D eigenvalue weighted by Crippen LogP contribution is 2.29. The number of hydrogen-bond donors (Lipinski definition) is 1. The van der Waals surface area contributed by atoms with Gasteiger partial charge in [0.1, 0.15) is 5.75 Å². The van der Waals surface area contributed by atoms with Gasteiger partial charge in [0.2, 0.25) is 0 Å². The number of aryl methyl sites for hydroxylation is 1. The van der Waals surface area contributed by atoms with Gasteiger partial charge in [0.15, 0.2) is 0 Å². The number of benzene rings is 1. The van der Waals surface area contributed by atoms with Crippen molar-refractivity contribution < 1.29 is 4.74 Å². The van der Waals surface area contributed by atoms with Crippen molar-refractivity contribution in [3.05, 3.63) is 29.8 Å². The Morgan fingerprint density at radius 2 is 1.76 bits per heavy atom. The maximum atomic E-state index is 6.01. The van der Waals surface area contributed by atoms with Crippen LogP contribution >= 0.6 is 0 Å². The zero-order valence-corrected chi connectivity index (χ0v) is 10.7. The van der Waals surface area contributed by atoms with Crippen molar-refractivity contribution in [1.82, 2.24) is 0 Å². The predicted molar refractivity (Wildman–Crippen MR) is 71.2 cm³/mol. The summed E-state index contributed by atoms with van der Waals surface area (Å²) in [5.74, 6) is 1.84. The van der Waals surface area contributed by atoms with E-state index < -0.39 is 0 Å². The first kappa shape index (κ1) is 12.4. The summed E-state index contributed by atoms with van der Waals surface area (Å²) in [6.45, 7) is 2.93. The van der Waals surface area contributed by atoms with E-state index in [0.29, 0.717) is 6.10 Å². The van der Waals surface area contributed by atoms with Gasteiger partial charge >= 0.3 is 0 Å². The summed E-state index contributed by atoms with van der Waals surface area (Å²) in [6.07, 6.45) is 6.49. The topological polar surface area (TPSA) is 35.2 Å². The van der Waals surface area contributed by atoms with Crippen LogP contribution in [0.5, 0.6) is 5.75 Å². The monoisotopic (exact) mass is 233 g/mol. The van der Waals surface area contributed by atoms with Crippen LogP contribution < -0.4 is 10.5 Å². The van der Waals surface area contributed by atoms with Crippen LogP contribution in [0, 0.1) is 12.8 Å². The molecule has 1 fully saturated rings. The van der Waals surface area contributed by atoms with Crippen LogP contribution in [0.25, 0.3) is 0 Å².